The second kappa shape index (κ2) is 1.04. The fraction of sp³-hybridized carbons (Fsp3) is 0. The predicted octanol–water partition coefficient (Wildman–Crippen LogP) is 0.982. The van der Waals surface area contributed by atoms with Crippen LogP contribution in [-0.4, -0.2) is 6.93 Å². The molecule has 0 aliphatic heterocycles. The molecule has 0 spiro atoms. The summed E-state index contributed by atoms with van der Waals surface area (Å²) in [5.74, 6) is 0. The first-order chi connectivity index (χ1) is 2.27. The Bertz CT molecular complexity index is 44.9. The Balaban J connectivity index is 3.14. The summed E-state index contributed by atoms with van der Waals surface area (Å²) in [4.78, 5) is 0. The van der Waals surface area contributed by atoms with Gasteiger partial charge in [0.05, 0.1) is 0 Å². The van der Waals surface area contributed by atoms with Gasteiger partial charge in [-0.25, -0.2) is 0 Å². The van der Waals surface area contributed by atoms with Crippen molar-refractivity contribution in [2.45, 2.75) is 0 Å². The van der Waals surface area contributed by atoms with Crippen molar-refractivity contribution in [2.24, 2.45) is 0 Å². The molecule has 0 fully saturated rings. The molecular weight excluding hydrogens is 320 g/mol. The van der Waals surface area contributed by atoms with E-state index in [0.29, 0.717) is 0 Å². The molecule has 0 nitrogen and oxygen atoms in total. The quantitative estimate of drug-likeness (QED) is 0.624. The zero-order valence-corrected chi connectivity index (χ0v) is 4.58. The van der Waals surface area contributed by atoms with Crippen LogP contribution >= 0.6 is 0 Å². The van der Waals surface area contributed by atoms with Crippen LogP contribution in [0, 0.1) is 0 Å². The van der Waals surface area contributed by atoms with Crippen molar-refractivity contribution in [1.82, 2.24) is 0 Å². The summed E-state index contributed by atoms with van der Waals surface area (Å²) in [6, 6.07) is 0. The van der Waals surface area contributed by atoms with E-state index in [4.69, 9.17) is 0 Å². The van der Waals surface area contributed by atoms with Gasteiger partial charge in [-0.15, -0.1) is 0 Å². The molecule has 0 N–H and O–H groups in total. The van der Waals surface area contributed by atoms with E-state index in [-0.39, 0.29) is 0 Å². The summed E-state index contributed by atoms with van der Waals surface area (Å²) in [6.07, 6.45) is 0. The van der Waals surface area contributed by atoms with Crippen LogP contribution in [0.15, 0.2) is 0 Å². The molecule has 0 aromatic heterocycles. The van der Waals surface area contributed by atoms with Crippen molar-refractivity contribution in [2.75, 3.05) is 0 Å². The third-order valence-electron chi connectivity index (χ3n) is 0.0452. The van der Waals surface area contributed by atoms with Crippen molar-refractivity contribution in [3.05, 3.63) is 0 Å². The van der Waals surface area contributed by atoms with E-state index < -0.39 is 6.93 Å². The molecule has 0 saturated heterocycles. The van der Waals surface area contributed by atoms with E-state index in [1.54, 1.807) is 0 Å². The fourth-order valence-corrected chi connectivity index (χ4v) is 0. The number of hydrogen-bond acceptors (Lipinski definition) is 0. The van der Waals surface area contributed by atoms with Crippen molar-refractivity contribution in [1.29, 1.82) is 0 Å². The molecule has 4 heteroatoms. The van der Waals surface area contributed by atoms with Gasteiger partial charge in [0.1, 0.15) is 0 Å². The third-order valence-corrected chi connectivity index (χ3v) is 0.421. The van der Waals surface area contributed by atoms with Gasteiger partial charge < -0.3 is 0 Å². The maximum atomic E-state index is 10.5. The number of halogens is 3. The predicted molar refractivity (Wildman–Crippen MR) is 8.33 cm³/mol. The van der Waals surface area contributed by atoms with Crippen LogP contribution in [0.1, 0.15) is 0 Å². The Morgan fingerprint density at radius 1 is 1.40 bits per heavy atom. The van der Waals surface area contributed by atoms with Gasteiger partial charge in [-0.2, -0.15) is 0 Å². The average Bonchev–Trinajstić information content (AvgIpc) is 1.38. The summed E-state index contributed by atoms with van der Waals surface area (Å²) >= 11 is 0. The maximum absolute atomic E-state index is 10.5. The topological polar surface area (TPSA) is 0 Å². The van der Waals surface area contributed by atoms with E-state index in [0.717, 1.165) is 0 Å². The van der Waals surface area contributed by atoms with Gasteiger partial charge in [-0.3, -0.25) is 0 Å². The minimum atomic E-state index is -2.63. The molecule has 0 bridgehead atoms. The second-order valence-corrected chi connectivity index (χ2v) is 1.74. The van der Waals surface area contributed by atoms with Crippen LogP contribution in [-0.2, 0) is 0 Å². The Morgan fingerprint density at radius 2 is 1.60 bits per heavy atom. The van der Waals surface area contributed by atoms with Crippen molar-refractivity contribution in [3.63, 3.8) is 0 Å². The Labute approximate surface area is 21.8 Å². The zero-order chi connectivity index (χ0) is 4.28. The third kappa shape index (κ3) is 2.66. The fourth-order valence-electron chi connectivity index (χ4n) is 0. The van der Waals surface area contributed by atoms with Crippen LogP contribution in [0.5, 0.6) is 0 Å². The minimum absolute atomic E-state index is 2.01. The molecule has 0 aromatic rings. The molecule has 0 saturated carbocycles. The molecule has 0 atom stereocenters. The second-order valence-electron chi connectivity index (χ2n) is 0.251. The van der Waals surface area contributed by atoms with Gasteiger partial charge >= 0.3 is 20.4 Å². The summed E-state index contributed by atoms with van der Waals surface area (Å²) in [7, 11) is 0. The Kier molecular flexibility index (Phi) is 0.758. The molecule has 0 amide bonds. The van der Waals surface area contributed by atoms with Gasteiger partial charge in [0.2, 0.25) is 0 Å². The van der Waals surface area contributed by atoms with Crippen LogP contribution in [0.3, 0.4) is 0 Å². The Hall–Kier alpha value is -1.34. The monoisotopic (exact) mass is 318 g/mol. The summed E-state index contributed by atoms with van der Waals surface area (Å²) in [5, 5.41) is 0. The molecule has 0 aliphatic carbocycles. The van der Waals surface area contributed by atoms with Gasteiger partial charge in [0.25, 0.3) is 0 Å². The van der Waals surface area contributed by atoms with E-state index in [1.807, 2.05) is 0 Å². The molecule has 0 unspecified atom stereocenters. The van der Waals surface area contributed by atoms with Gasteiger partial charge in [0, 0.05) is 0 Å². The van der Waals surface area contributed by atoms with Crippen molar-refractivity contribution in [3.8, 4) is 0 Å². The summed E-state index contributed by atoms with van der Waals surface area (Å²) in [6.45, 7) is -2.01. The van der Waals surface area contributed by atoms with Gasteiger partial charge in [-0.05, 0) is 0 Å². The summed E-state index contributed by atoms with van der Waals surface area (Å²) in [5.41, 5.74) is 0. The van der Waals surface area contributed by atoms with E-state index in [9.17, 15) is 13.5 Å². The van der Waals surface area contributed by atoms with Crippen LogP contribution in [0.25, 0.3) is 0 Å². The van der Waals surface area contributed by atoms with E-state index in [1.165, 1.54) is 0 Å². The summed E-state index contributed by atoms with van der Waals surface area (Å²) < 4.78 is 28.6. The zero-order valence-electron chi connectivity index (χ0n) is 1.95. The van der Waals surface area contributed by atoms with E-state index in [2.05, 4.69) is 0 Å². The first-order valence-electron chi connectivity index (χ1n) is 0.656. The first-order valence-corrected chi connectivity index (χ1v) is 2.97. The van der Waals surface area contributed by atoms with Crippen LogP contribution in [0.2, 0.25) is 0 Å². The van der Waals surface area contributed by atoms with Crippen LogP contribution in [0.4, 0.5) is 13.5 Å². The normalized spacial score (nSPS) is 6.20. The van der Waals surface area contributed by atoms with Crippen molar-refractivity contribution < 1.29 is 13.5 Å². The molecule has 0 heterocycles. The molecule has 0 radical (unpaired) electrons. The molecule has 5 heavy (non-hydrogen) atoms. The molecule has 35 valence electrons. The van der Waals surface area contributed by atoms with Gasteiger partial charge in [-0.1, -0.05) is 0 Å². The molecule has 0 aromatic carbocycles. The average molecular weight is 320 g/mol. The van der Waals surface area contributed by atoms with Crippen molar-refractivity contribution >= 4 is 6.93 Å². The SMILES string of the molecule is [F][Cf]=[C](F)F. The van der Waals surface area contributed by atoms with Gasteiger partial charge in [0.15, 0.2) is 0 Å². The molecular formula is CCfF3. The standard InChI is InChI=1S/CF2.Cf.FH/c2-1-3;;/h;;1H/q;+1;/p-1. The molecule has 0 rings (SSSR count). The first kappa shape index (κ1) is 3.66. The van der Waals surface area contributed by atoms with E-state index >= 15 is 0 Å². The Morgan fingerprint density at radius 3 is 1.60 bits per heavy atom. The van der Waals surface area contributed by atoms with Crippen LogP contribution < -0.4 is 0 Å². The number of rotatable bonds is 0. The number of hydrogen-bond donors (Lipinski definition) is 0. The molecule has 0 aliphatic rings.